The average molecular weight is 507 g/mol. The van der Waals surface area contributed by atoms with Crippen molar-refractivity contribution in [3.8, 4) is 5.69 Å². The normalized spacial score (nSPS) is 11.3. The topological polar surface area (TPSA) is 99.2 Å². The van der Waals surface area contributed by atoms with Crippen LogP contribution < -0.4 is 11.1 Å². The lowest BCUT2D eigenvalue weighted by atomic mass is 10.1. The van der Waals surface area contributed by atoms with Gasteiger partial charge in [-0.25, -0.2) is 4.68 Å². The number of carbonyl (C=O) groups is 2. The van der Waals surface area contributed by atoms with Gasteiger partial charge in [0.2, 0.25) is 5.91 Å². The minimum atomic E-state index is -0.934. The summed E-state index contributed by atoms with van der Waals surface area (Å²) in [6, 6.07) is 12.7. The molecule has 0 aliphatic heterocycles. The third-order valence-corrected chi connectivity index (χ3v) is 5.33. The van der Waals surface area contributed by atoms with Gasteiger partial charge in [-0.15, -0.1) is 12.4 Å². The van der Waals surface area contributed by atoms with Crippen LogP contribution in [-0.2, 0) is 14.3 Å². The second-order valence-electron chi connectivity index (χ2n) is 8.11. The number of nitrogens with two attached hydrogens (primary N) is 1. The van der Waals surface area contributed by atoms with Crippen LogP contribution in [0.4, 0.5) is 5.69 Å². The molecule has 2 aromatic carbocycles. The second kappa shape index (κ2) is 14.7. The number of fused-ring (bicyclic) bond motifs is 1. The number of ether oxygens (including phenoxy) is 1. The van der Waals surface area contributed by atoms with E-state index in [4.69, 9.17) is 10.5 Å². The highest BCUT2D eigenvalue weighted by molar-refractivity contribution is 7.59. The van der Waals surface area contributed by atoms with Crippen LogP contribution in [0.2, 0.25) is 0 Å². The third-order valence-electron chi connectivity index (χ3n) is 5.33. The lowest BCUT2D eigenvalue weighted by Gasteiger charge is -2.13. The molecule has 34 heavy (non-hydrogen) atoms. The Balaban J connectivity index is 0.00000289. The van der Waals surface area contributed by atoms with Crippen LogP contribution in [0, 0.1) is 6.92 Å². The maximum absolute atomic E-state index is 12.5. The highest BCUT2D eigenvalue weighted by Gasteiger charge is 2.17. The Hall–Kier alpha value is -2.55. The predicted octanol–water partition coefficient (Wildman–Crippen LogP) is 5.04. The van der Waals surface area contributed by atoms with Gasteiger partial charge >= 0.3 is 5.97 Å². The number of amides is 1. The van der Waals surface area contributed by atoms with Crippen LogP contribution in [-0.4, -0.2) is 34.3 Å². The molecule has 0 radical (unpaired) electrons. The van der Waals surface area contributed by atoms with E-state index >= 15 is 0 Å². The highest BCUT2D eigenvalue weighted by atomic mass is 35.5. The lowest BCUT2D eigenvalue weighted by Crippen LogP contribution is -2.40. The Bertz CT molecular complexity index is 1070. The number of aryl methyl sites for hydroxylation is 1. The molecule has 1 heterocycles. The van der Waals surface area contributed by atoms with Crippen molar-refractivity contribution in [3.05, 3.63) is 54.2 Å². The maximum atomic E-state index is 12.5. The highest BCUT2D eigenvalue weighted by Crippen LogP contribution is 2.22. The molecule has 0 bridgehead atoms. The van der Waals surface area contributed by atoms with Crippen molar-refractivity contribution >= 4 is 54.4 Å². The Morgan fingerprint density at radius 3 is 2.62 bits per heavy atom. The van der Waals surface area contributed by atoms with Gasteiger partial charge in [-0.05, 0) is 49.2 Å². The molecule has 0 spiro atoms. The summed E-state index contributed by atoms with van der Waals surface area (Å²) in [6.45, 7) is 4.04. The first kappa shape index (κ1) is 29.5. The van der Waals surface area contributed by atoms with Crippen molar-refractivity contribution < 1.29 is 14.3 Å². The summed E-state index contributed by atoms with van der Waals surface area (Å²) in [6.07, 6.45) is 7.42. The van der Waals surface area contributed by atoms with Crippen LogP contribution in [0.5, 0.6) is 0 Å². The fraction of sp³-hybridized carbons (Fsp3) is 0.400. The number of anilines is 1. The summed E-state index contributed by atoms with van der Waals surface area (Å²) < 4.78 is 7.01. The van der Waals surface area contributed by atoms with Gasteiger partial charge in [-0.2, -0.15) is 18.6 Å². The van der Waals surface area contributed by atoms with Crippen molar-refractivity contribution in [1.29, 1.82) is 0 Å². The molecule has 1 amide bonds. The zero-order valence-electron chi connectivity index (χ0n) is 19.8. The molecular weight excluding hydrogens is 472 g/mol. The summed E-state index contributed by atoms with van der Waals surface area (Å²) in [4.78, 5) is 24.3. The zero-order chi connectivity index (χ0) is 22.9. The molecule has 0 fully saturated rings. The van der Waals surface area contributed by atoms with Crippen molar-refractivity contribution in [1.82, 2.24) is 9.78 Å². The van der Waals surface area contributed by atoms with Crippen LogP contribution in [0.25, 0.3) is 16.6 Å². The van der Waals surface area contributed by atoms with Crippen LogP contribution in [0.15, 0.2) is 48.7 Å². The number of unbranched alkanes of at least 4 members (excludes halogenated alkanes) is 4. The van der Waals surface area contributed by atoms with E-state index < -0.39 is 11.9 Å². The van der Waals surface area contributed by atoms with Gasteiger partial charge in [0.05, 0.1) is 17.4 Å². The Labute approximate surface area is 214 Å². The van der Waals surface area contributed by atoms with E-state index in [1.165, 1.54) is 6.42 Å². The number of hydrogen-bond donors (Lipinski definition) is 2. The number of hydrogen-bond acceptors (Lipinski definition) is 5. The molecule has 0 aliphatic carbocycles. The van der Waals surface area contributed by atoms with Crippen molar-refractivity contribution in [2.75, 3.05) is 11.9 Å². The standard InChI is InChI=1S/C25H32N4O3.ClH.H2S/c1-3-4-5-6-7-11-24(30)32-17-22(26)25(31)28-20-13-12-19-16-27-29(23(19)15-20)21-10-8-9-18(2)14-21;;/h8-10,12-16,22H,3-7,11,17,26H2,1-2H3,(H,28,31);1H;1H2/t22-;;/m0../s1. The molecule has 3 N–H and O–H groups in total. The molecular formula is C25H35ClN4O3S. The van der Waals surface area contributed by atoms with Crippen LogP contribution in [0.3, 0.4) is 0 Å². The van der Waals surface area contributed by atoms with E-state index in [1.54, 1.807) is 12.3 Å². The first-order valence-corrected chi connectivity index (χ1v) is 11.2. The van der Waals surface area contributed by atoms with E-state index in [1.807, 2.05) is 48.0 Å². The van der Waals surface area contributed by atoms with Gasteiger partial charge in [-0.1, -0.05) is 44.7 Å². The maximum Gasteiger partial charge on any atom is 0.305 e. The molecule has 0 unspecified atom stereocenters. The SMILES string of the molecule is CCCCCCCC(=O)OC[C@H](N)C(=O)Nc1ccc2cnn(-c3cccc(C)c3)c2c1.Cl.S. The third kappa shape index (κ3) is 8.34. The van der Waals surface area contributed by atoms with Crippen LogP contribution >= 0.6 is 25.9 Å². The summed E-state index contributed by atoms with van der Waals surface area (Å²) in [5.74, 6) is -0.713. The Morgan fingerprint density at radius 2 is 1.88 bits per heavy atom. The first-order valence-electron chi connectivity index (χ1n) is 11.2. The second-order valence-corrected chi connectivity index (χ2v) is 8.11. The molecule has 3 rings (SSSR count). The minimum Gasteiger partial charge on any atom is -0.463 e. The van der Waals surface area contributed by atoms with Crippen molar-refractivity contribution in [3.63, 3.8) is 0 Å². The quantitative estimate of drug-likeness (QED) is 0.280. The smallest absolute Gasteiger partial charge is 0.305 e. The van der Waals surface area contributed by atoms with Gasteiger partial charge in [0.25, 0.3) is 0 Å². The number of nitrogens with one attached hydrogen (secondary N) is 1. The molecule has 0 aliphatic rings. The van der Waals surface area contributed by atoms with E-state index in [9.17, 15) is 9.59 Å². The summed E-state index contributed by atoms with van der Waals surface area (Å²) in [5, 5.41) is 8.24. The number of esters is 1. The molecule has 0 saturated heterocycles. The number of nitrogens with zero attached hydrogens (tertiary/aromatic N) is 2. The Kier molecular flexibility index (Phi) is 12.7. The fourth-order valence-corrected chi connectivity index (χ4v) is 3.50. The average Bonchev–Trinajstić information content (AvgIpc) is 3.20. The monoisotopic (exact) mass is 506 g/mol. The van der Waals surface area contributed by atoms with Crippen molar-refractivity contribution in [2.45, 2.75) is 58.4 Å². The predicted molar refractivity (Wildman–Crippen MR) is 144 cm³/mol. The van der Waals surface area contributed by atoms with E-state index in [0.717, 1.165) is 47.8 Å². The Morgan fingerprint density at radius 1 is 1.12 bits per heavy atom. The van der Waals surface area contributed by atoms with E-state index in [-0.39, 0.29) is 38.5 Å². The number of aromatic nitrogens is 2. The lowest BCUT2D eigenvalue weighted by molar-refractivity contribution is -0.144. The molecule has 7 nitrogen and oxygen atoms in total. The van der Waals surface area contributed by atoms with Gasteiger partial charge in [0, 0.05) is 17.5 Å². The number of rotatable bonds is 11. The van der Waals surface area contributed by atoms with E-state index in [0.29, 0.717) is 12.1 Å². The molecule has 1 aromatic heterocycles. The molecule has 0 saturated carbocycles. The fourth-order valence-electron chi connectivity index (χ4n) is 3.50. The summed E-state index contributed by atoms with van der Waals surface area (Å²) >= 11 is 0. The number of halogens is 1. The minimum absolute atomic E-state index is 0. The molecule has 9 heteroatoms. The molecule has 186 valence electrons. The van der Waals surface area contributed by atoms with Gasteiger partial charge in [-0.3, -0.25) is 9.59 Å². The van der Waals surface area contributed by atoms with E-state index in [2.05, 4.69) is 17.3 Å². The zero-order valence-corrected chi connectivity index (χ0v) is 21.6. The summed E-state index contributed by atoms with van der Waals surface area (Å²) in [7, 11) is 0. The van der Waals surface area contributed by atoms with Gasteiger partial charge in [0.15, 0.2) is 0 Å². The largest absolute Gasteiger partial charge is 0.463 e. The first-order chi connectivity index (χ1) is 15.5. The summed E-state index contributed by atoms with van der Waals surface area (Å²) in [5.41, 5.74) is 9.49. The van der Waals surface area contributed by atoms with Gasteiger partial charge < -0.3 is 15.8 Å². The number of carbonyl (C=O) groups excluding carboxylic acids is 2. The van der Waals surface area contributed by atoms with Gasteiger partial charge in [0.1, 0.15) is 12.6 Å². The van der Waals surface area contributed by atoms with Crippen LogP contribution in [0.1, 0.15) is 51.0 Å². The molecule has 3 aromatic rings. The number of benzene rings is 2. The van der Waals surface area contributed by atoms with Crippen molar-refractivity contribution in [2.24, 2.45) is 5.73 Å². The molecule has 1 atom stereocenters.